The van der Waals surface area contributed by atoms with Crippen LogP contribution in [-0.2, 0) is 0 Å². The van der Waals surface area contributed by atoms with E-state index >= 15 is 0 Å². The second-order valence-electron chi connectivity index (χ2n) is 4.69. The van der Waals surface area contributed by atoms with Gasteiger partial charge >= 0.3 is 0 Å². The maximum absolute atomic E-state index is 13.8. The lowest BCUT2D eigenvalue weighted by atomic mass is 9.97. The van der Waals surface area contributed by atoms with E-state index in [-0.39, 0.29) is 17.8 Å². The lowest BCUT2D eigenvalue weighted by molar-refractivity contribution is 0.142. The number of benzene rings is 1. The molecule has 0 N–H and O–H groups in total. The standard InChI is InChI=1S/C16H23FO/c1-6-13(7-2)15(8-3)18-16-12(5)11(4)9-10-14(16)17/h6,9-10,13,15H,1,7-8H2,2-5H3. The highest BCUT2D eigenvalue weighted by molar-refractivity contribution is 5.39. The Hall–Kier alpha value is -1.31. The zero-order valence-corrected chi connectivity index (χ0v) is 11.8. The maximum atomic E-state index is 13.8. The highest BCUT2D eigenvalue weighted by atomic mass is 19.1. The molecule has 1 aromatic rings. The van der Waals surface area contributed by atoms with E-state index in [0.717, 1.165) is 24.0 Å². The molecular formula is C16H23FO. The highest BCUT2D eigenvalue weighted by Crippen LogP contribution is 2.29. The summed E-state index contributed by atoms with van der Waals surface area (Å²) in [6.45, 7) is 11.8. The van der Waals surface area contributed by atoms with E-state index in [1.54, 1.807) is 6.07 Å². The molecule has 0 aliphatic heterocycles. The normalized spacial score (nSPS) is 14.1. The van der Waals surface area contributed by atoms with Gasteiger partial charge in [-0.15, -0.1) is 6.58 Å². The summed E-state index contributed by atoms with van der Waals surface area (Å²) in [4.78, 5) is 0. The smallest absolute Gasteiger partial charge is 0.165 e. The third-order valence-electron chi connectivity index (χ3n) is 3.55. The van der Waals surface area contributed by atoms with Crippen LogP contribution in [0.2, 0.25) is 0 Å². The SMILES string of the molecule is C=CC(CC)C(CC)Oc1c(F)ccc(C)c1C. The molecule has 1 aromatic carbocycles. The van der Waals surface area contributed by atoms with Gasteiger partial charge in [0.05, 0.1) is 0 Å². The molecule has 0 saturated carbocycles. The van der Waals surface area contributed by atoms with Crippen molar-refractivity contribution in [2.45, 2.75) is 46.6 Å². The lowest BCUT2D eigenvalue weighted by Gasteiger charge is -2.25. The van der Waals surface area contributed by atoms with Crippen LogP contribution < -0.4 is 4.74 Å². The average molecular weight is 250 g/mol. The Bertz CT molecular complexity index is 412. The number of rotatable bonds is 6. The summed E-state index contributed by atoms with van der Waals surface area (Å²) in [5, 5.41) is 0. The molecule has 2 atom stereocenters. The topological polar surface area (TPSA) is 9.23 Å². The minimum atomic E-state index is -0.282. The minimum Gasteiger partial charge on any atom is -0.486 e. The predicted octanol–water partition coefficient (Wildman–Crippen LogP) is 4.81. The minimum absolute atomic E-state index is 0.0116. The molecule has 0 amide bonds. The third-order valence-corrected chi connectivity index (χ3v) is 3.55. The van der Waals surface area contributed by atoms with E-state index < -0.39 is 0 Å². The molecule has 0 bridgehead atoms. The number of hydrogen-bond donors (Lipinski definition) is 0. The Morgan fingerprint density at radius 3 is 2.44 bits per heavy atom. The summed E-state index contributed by atoms with van der Waals surface area (Å²) < 4.78 is 19.8. The van der Waals surface area contributed by atoms with Crippen LogP contribution in [0, 0.1) is 25.6 Å². The van der Waals surface area contributed by atoms with Crippen LogP contribution in [0.5, 0.6) is 5.75 Å². The van der Waals surface area contributed by atoms with Gasteiger partial charge in [0.1, 0.15) is 6.10 Å². The Morgan fingerprint density at radius 2 is 1.94 bits per heavy atom. The van der Waals surface area contributed by atoms with Crippen molar-refractivity contribution in [1.29, 1.82) is 0 Å². The van der Waals surface area contributed by atoms with Crippen molar-refractivity contribution >= 4 is 0 Å². The fourth-order valence-corrected chi connectivity index (χ4v) is 2.11. The van der Waals surface area contributed by atoms with Crippen LogP contribution >= 0.6 is 0 Å². The number of aryl methyl sites for hydroxylation is 1. The van der Waals surface area contributed by atoms with E-state index in [4.69, 9.17) is 4.74 Å². The average Bonchev–Trinajstić information content (AvgIpc) is 2.38. The second kappa shape index (κ2) is 6.58. The first-order chi connectivity index (χ1) is 8.54. The van der Waals surface area contributed by atoms with Gasteiger partial charge in [0.25, 0.3) is 0 Å². The summed E-state index contributed by atoms with van der Waals surface area (Å²) in [5.74, 6) is 0.368. The molecule has 0 fully saturated rings. The van der Waals surface area contributed by atoms with Gasteiger partial charge in [-0.3, -0.25) is 0 Å². The first-order valence-corrected chi connectivity index (χ1v) is 6.60. The molecule has 2 unspecified atom stereocenters. The third kappa shape index (κ3) is 3.12. The van der Waals surface area contributed by atoms with Crippen LogP contribution in [0.3, 0.4) is 0 Å². The Kier molecular flexibility index (Phi) is 5.39. The summed E-state index contributed by atoms with van der Waals surface area (Å²) in [6.07, 6.45) is 3.69. The van der Waals surface area contributed by atoms with Gasteiger partial charge in [0.2, 0.25) is 0 Å². The van der Waals surface area contributed by atoms with E-state index in [2.05, 4.69) is 20.4 Å². The van der Waals surface area contributed by atoms with Crippen LogP contribution in [0.15, 0.2) is 24.8 Å². The van der Waals surface area contributed by atoms with Crippen molar-refractivity contribution in [1.82, 2.24) is 0 Å². The highest BCUT2D eigenvalue weighted by Gasteiger charge is 2.20. The molecule has 18 heavy (non-hydrogen) atoms. The summed E-state index contributed by atoms with van der Waals surface area (Å²) in [6, 6.07) is 3.25. The lowest BCUT2D eigenvalue weighted by Crippen LogP contribution is -2.25. The summed E-state index contributed by atoms with van der Waals surface area (Å²) in [5.41, 5.74) is 1.93. The Labute approximate surface area is 110 Å². The van der Waals surface area contributed by atoms with Crippen molar-refractivity contribution in [2.24, 2.45) is 5.92 Å². The fourth-order valence-electron chi connectivity index (χ4n) is 2.11. The zero-order valence-electron chi connectivity index (χ0n) is 11.8. The van der Waals surface area contributed by atoms with Crippen LogP contribution in [0.25, 0.3) is 0 Å². The van der Waals surface area contributed by atoms with Gasteiger partial charge in [0.15, 0.2) is 11.6 Å². The van der Waals surface area contributed by atoms with Crippen molar-refractivity contribution in [3.63, 3.8) is 0 Å². The van der Waals surface area contributed by atoms with Crippen LogP contribution in [0.4, 0.5) is 4.39 Å². The summed E-state index contributed by atoms with van der Waals surface area (Å²) in [7, 11) is 0. The maximum Gasteiger partial charge on any atom is 0.165 e. The van der Waals surface area contributed by atoms with E-state index in [1.165, 1.54) is 6.07 Å². The van der Waals surface area contributed by atoms with Gasteiger partial charge in [-0.2, -0.15) is 0 Å². The van der Waals surface area contributed by atoms with Crippen molar-refractivity contribution in [3.05, 3.63) is 41.7 Å². The molecule has 0 spiro atoms. The largest absolute Gasteiger partial charge is 0.486 e. The van der Waals surface area contributed by atoms with Gasteiger partial charge in [-0.1, -0.05) is 26.0 Å². The van der Waals surface area contributed by atoms with Crippen LogP contribution in [-0.4, -0.2) is 6.10 Å². The first kappa shape index (κ1) is 14.7. The van der Waals surface area contributed by atoms with Crippen molar-refractivity contribution in [3.8, 4) is 5.75 Å². The monoisotopic (exact) mass is 250 g/mol. The second-order valence-corrected chi connectivity index (χ2v) is 4.69. The molecule has 0 heterocycles. The molecule has 0 aromatic heterocycles. The Balaban J connectivity index is 3.01. The van der Waals surface area contributed by atoms with Crippen LogP contribution in [0.1, 0.15) is 37.8 Å². The zero-order chi connectivity index (χ0) is 13.7. The molecule has 0 saturated heterocycles. The first-order valence-electron chi connectivity index (χ1n) is 6.60. The number of hydrogen-bond acceptors (Lipinski definition) is 1. The molecule has 100 valence electrons. The summed E-state index contributed by atoms with van der Waals surface area (Å²) >= 11 is 0. The van der Waals surface area contributed by atoms with E-state index in [9.17, 15) is 4.39 Å². The molecule has 1 rings (SSSR count). The quantitative estimate of drug-likeness (QED) is 0.658. The Morgan fingerprint density at radius 1 is 1.28 bits per heavy atom. The fraction of sp³-hybridized carbons (Fsp3) is 0.500. The molecule has 0 aliphatic rings. The van der Waals surface area contributed by atoms with Crippen molar-refractivity contribution in [2.75, 3.05) is 0 Å². The predicted molar refractivity (Wildman–Crippen MR) is 74.6 cm³/mol. The van der Waals surface area contributed by atoms with Gasteiger partial charge in [0, 0.05) is 5.92 Å². The van der Waals surface area contributed by atoms with E-state index in [0.29, 0.717) is 5.75 Å². The van der Waals surface area contributed by atoms with Gasteiger partial charge in [-0.05, 0) is 43.9 Å². The molecule has 0 aliphatic carbocycles. The molecule has 1 nitrogen and oxygen atoms in total. The number of halogens is 1. The molecular weight excluding hydrogens is 227 g/mol. The number of ether oxygens (including phenoxy) is 1. The van der Waals surface area contributed by atoms with Crippen molar-refractivity contribution < 1.29 is 9.13 Å². The molecule has 0 radical (unpaired) electrons. The molecule has 2 heteroatoms. The van der Waals surface area contributed by atoms with Gasteiger partial charge < -0.3 is 4.74 Å². The van der Waals surface area contributed by atoms with Gasteiger partial charge in [-0.25, -0.2) is 4.39 Å². The van der Waals surface area contributed by atoms with E-state index in [1.807, 2.05) is 19.9 Å².